The molecule has 1 aromatic carbocycles. The zero-order chi connectivity index (χ0) is 11.3. The van der Waals surface area contributed by atoms with Crippen LogP contribution in [0, 0.1) is 6.92 Å². The summed E-state index contributed by atoms with van der Waals surface area (Å²) in [5.41, 5.74) is 3.94. The smallest absolute Gasteiger partial charge is 0.0661 e. The van der Waals surface area contributed by atoms with Crippen molar-refractivity contribution in [3.8, 4) is 0 Å². The first-order chi connectivity index (χ1) is 7.19. The number of hydrogen-bond acceptors (Lipinski definition) is 2. The maximum atomic E-state index is 5.13. The molecule has 0 saturated carbocycles. The van der Waals surface area contributed by atoms with E-state index in [1.54, 1.807) is 7.11 Å². The number of methoxy groups -OCH3 is 1. The molecule has 0 heterocycles. The van der Waals surface area contributed by atoms with E-state index < -0.39 is 0 Å². The molecule has 1 unspecified atom stereocenters. The van der Waals surface area contributed by atoms with Gasteiger partial charge in [0, 0.05) is 18.8 Å². The molecule has 0 aromatic heterocycles. The Labute approximate surface area is 92.6 Å². The summed E-state index contributed by atoms with van der Waals surface area (Å²) in [7, 11) is 1.73. The first-order valence-corrected chi connectivity index (χ1v) is 5.53. The Kier molecular flexibility index (Phi) is 4.63. The molecule has 84 valence electrons. The van der Waals surface area contributed by atoms with Crippen molar-refractivity contribution in [2.24, 2.45) is 0 Å². The zero-order valence-corrected chi connectivity index (χ0v) is 10.1. The number of benzene rings is 1. The number of aryl methyl sites for hydroxylation is 2. The lowest BCUT2D eigenvalue weighted by molar-refractivity contribution is 0.190. The number of para-hydroxylation sites is 1. The van der Waals surface area contributed by atoms with Gasteiger partial charge >= 0.3 is 0 Å². The minimum absolute atomic E-state index is 0.349. The zero-order valence-electron chi connectivity index (χ0n) is 10.1. The van der Waals surface area contributed by atoms with Crippen LogP contribution in [0.1, 0.15) is 25.0 Å². The maximum absolute atomic E-state index is 5.13. The largest absolute Gasteiger partial charge is 0.383 e. The highest BCUT2D eigenvalue weighted by molar-refractivity contribution is 5.57. The molecule has 0 aliphatic heterocycles. The summed E-state index contributed by atoms with van der Waals surface area (Å²) >= 11 is 0. The SMILES string of the molecule is CCc1cccc(C)c1NC(C)COC. The van der Waals surface area contributed by atoms with E-state index in [0.29, 0.717) is 6.04 Å². The van der Waals surface area contributed by atoms with Gasteiger partial charge in [-0.1, -0.05) is 25.1 Å². The molecule has 0 radical (unpaired) electrons. The molecule has 15 heavy (non-hydrogen) atoms. The summed E-state index contributed by atoms with van der Waals surface area (Å²) in [5.74, 6) is 0. The second kappa shape index (κ2) is 5.76. The Bertz CT molecular complexity index is 309. The Balaban J connectivity index is 2.82. The predicted molar refractivity (Wildman–Crippen MR) is 65.5 cm³/mol. The number of anilines is 1. The first-order valence-electron chi connectivity index (χ1n) is 5.53. The molecule has 1 N–H and O–H groups in total. The van der Waals surface area contributed by atoms with Crippen molar-refractivity contribution in [1.82, 2.24) is 0 Å². The highest BCUT2D eigenvalue weighted by Gasteiger charge is 2.07. The van der Waals surface area contributed by atoms with Gasteiger partial charge in [-0.05, 0) is 31.4 Å². The third-order valence-corrected chi connectivity index (χ3v) is 2.55. The monoisotopic (exact) mass is 207 g/mol. The number of ether oxygens (including phenoxy) is 1. The van der Waals surface area contributed by atoms with Gasteiger partial charge in [0.2, 0.25) is 0 Å². The summed E-state index contributed by atoms with van der Waals surface area (Å²) in [6.07, 6.45) is 1.06. The second-order valence-electron chi connectivity index (χ2n) is 3.96. The molecule has 0 saturated heterocycles. The van der Waals surface area contributed by atoms with Crippen LogP contribution in [0.2, 0.25) is 0 Å². The predicted octanol–water partition coefficient (Wildman–Crippen LogP) is 3.00. The fourth-order valence-electron chi connectivity index (χ4n) is 1.77. The average molecular weight is 207 g/mol. The van der Waals surface area contributed by atoms with Gasteiger partial charge in [-0.25, -0.2) is 0 Å². The quantitative estimate of drug-likeness (QED) is 0.801. The fraction of sp³-hybridized carbons (Fsp3) is 0.538. The van der Waals surface area contributed by atoms with Crippen LogP contribution in [0.25, 0.3) is 0 Å². The van der Waals surface area contributed by atoms with E-state index >= 15 is 0 Å². The highest BCUT2D eigenvalue weighted by Crippen LogP contribution is 2.21. The molecule has 0 spiro atoms. The molecular weight excluding hydrogens is 186 g/mol. The Morgan fingerprint density at radius 2 is 2.13 bits per heavy atom. The third kappa shape index (κ3) is 3.24. The second-order valence-corrected chi connectivity index (χ2v) is 3.96. The van der Waals surface area contributed by atoms with E-state index in [-0.39, 0.29) is 0 Å². The van der Waals surface area contributed by atoms with Crippen LogP contribution in [0.3, 0.4) is 0 Å². The van der Waals surface area contributed by atoms with Crippen molar-refractivity contribution < 1.29 is 4.74 Å². The van der Waals surface area contributed by atoms with Gasteiger partial charge in [-0.15, -0.1) is 0 Å². The summed E-state index contributed by atoms with van der Waals surface area (Å²) in [6, 6.07) is 6.78. The van der Waals surface area contributed by atoms with Gasteiger partial charge in [0.1, 0.15) is 0 Å². The molecule has 0 aliphatic rings. The highest BCUT2D eigenvalue weighted by atomic mass is 16.5. The minimum Gasteiger partial charge on any atom is -0.383 e. The van der Waals surface area contributed by atoms with Crippen LogP contribution >= 0.6 is 0 Å². The van der Waals surface area contributed by atoms with Gasteiger partial charge < -0.3 is 10.1 Å². The van der Waals surface area contributed by atoms with E-state index in [9.17, 15) is 0 Å². The standard InChI is InChI=1S/C13H21NO/c1-5-12-8-6-7-10(2)13(12)14-11(3)9-15-4/h6-8,11,14H,5,9H2,1-4H3. The van der Waals surface area contributed by atoms with E-state index in [0.717, 1.165) is 13.0 Å². The van der Waals surface area contributed by atoms with E-state index in [4.69, 9.17) is 4.74 Å². The first kappa shape index (κ1) is 12.1. The Morgan fingerprint density at radius 1 is 1.40 bits per heavy atom. The maximum Gasteiger partial charge on any atom is 0.0661 e. The van der Waals surface area contributed by atoms with E-state index in [1.807, 2.05) is 0 Å². The van der Waals surface area contributed by atoms with Crippen LogP contribution in [0.5, 0.6) is 0 Å². The van der Waals surface area contributed by atoms with Gasteiger partial charge in [-0.2, -0.15) is 0 Å². The molecule has 1 aromatic rings. The van der Waals surface area contributed by atoms with Gasteiger partial charge in [0.25, 0.3) is 0 Å². The van der Waals surface area contributed by atoms with E-state index in [1.165, 1.54) is 16.8 Å². The van der Waals surface area contributed by atoms with Crippen LogP contribution < -0.4 is 5.32 Å². The van der Waals surface area contributed by atoms with Crippen LogP contribution in [-0.4, -0.2) is 19.8 Å². The van der Waals surface area contributed by atoms with Crippen molar-refractivity contribution in [3.63, 3.8) is 0 Å². The van der Waals surface area contributed by atoms with Crippen LogP contribution in [-0.2, 0) is 11.2 Å². The molecule has 0 aliphatic carbocycles. The lowest BCUT2D eigenvalue weighted by Crippen LogP contribution is -2.22. The molecule has 2 heteroatoms. The van der Waals surface area contributed by atoms with Gasteiger partial charge in [0.05, 0.1) is 6.61 Å². The van der Waals surface area contributed by atoms with Gasteiger partial charge in [0.15, 0.2) is 0 Å². The van der Waals surface area contributed by atoms with E-state index in [2.05, 4.69) is 44.3 Å². The van der Waals surface area contributed by atoms with Crippen LogP contribution in [0.15, 0.2) is 18.2 Å². The lowest BCUT2D eigenvalue weighted by atomic mass is 10.1. The topological polar surface area (TPSA) is 21.3 Å². The number of nitrogens with one attached hydrogen (secondary N) is 1. The van der Waals surface area contributed by atoms with Gasteiger partial charge in [-0.3, -0.25) is 0 Å². The van der Waals surface area contributed by atoms with Crippen LogP contribution in [0.4, 0.5) is 5.69 Å². The molecule has 1 atom stereocenters. The molecule has 0 amide bonds. The molecule has 0 bridgehead atoms. The summed E-state index contributed by atoms with van der Waals surface area (Å²) in [4.78, 5) is 0. The summed E-state index contributed by atoms with van der Waals surface area (Å²) in [5, 5.41) is 3.51. The Morgan fingerprint density at radius 3 is 2.73 bits per heavy atom. The van der Waals surface area contributed by atoms with Crippen molar-refractivity contribution in [3.05, 3.63) is 29.3 Å². The summed E-state index contributed by atoms with van der Waals surface area (Å²) < 4.78 is 5.13. The lowest BCUT2D eigenvalue weighted by Gasteiger charge is -2.19. The summed E-state index contributed by atoms with van der Waals surface area (Å²) in [6.45, 7) is 7.19. The van der Waals surface area contributed by atoms with Crippen molar-refractivity contribution in [1.29, 1.82) is 0 Å². The van der Waals surface area contributed by atoms with Crippen molar-refractivity contribution in [2.45, 2.75) is 33.2 Å². The Hall–Kier alpha value is -1.02. The number of hydrogen-bond donors (Lipinski definition) is 1. The molecule has 0 fully saturated rings. The third-order valence-electron chi connectivity index (χ3n) is 2.55. The fourth-order valence-corrected chi connectivity index (χ4v) is 1.77. The molecule has 1 rings (SSSR count). The number of rotatable bonds is 5. The molecule has 2 nitrogen and oxygen atoms in total. The van der Waals surface area contributed by atoms with Crippen molar-refractivity contribution >= 4 is 5.69 Å². The normalized spacial score (nSPS) is 12.5. The van der Waals surface area contributed by atoms with Crippen molar-refractivity contribution in [2.75, 3.05) is 19.0 Å². The minimum atomic E-state index is 0.349. The average Bonchev–Trinajstić information content (AvgIpc) is 2.21. The molecular formula is C13H21NO.